The number of likely N-dealkylation sites (N-methyl/N-ethyl adjacent to an activating group) is 1. The van der Waals surface area contributed by atoms with Crippen LogP contribution in [0, 0.1) is 0 Å². The van der Waals surface area contributed by atoms with Crippen molar-refractivity contribution in [3.05, 3.63) is 42.1 Å². The van der Waals surface area contributed by atoms with Crippen LogP contribution >= 0.6 is 0 Å². The van der Waals surface area contributed by atoms with Crippen LogP contribution in [0.2, 0.25) is 0 Å². The Morgan fingerprint density at radius 3 is 2.50 bits per heavy atom. The Hall–Kier alpha value is -3.17. The lowest BCUT2D eigenvalue weighted by Gasteiger charge is -2.36. The van der Waals surface area contributed by atoms with Gasteiger partial charge in [0.2, 0.25) is 5.91 Å². The first kappa shape index (κ1) is 19.6. The third kappa shape index (κ3) is 4.38. The highest BCUT2D eigenvalue weighted by Crippen LogP contribution is 2.31. The van der Waals surface area contributed by atoms with E-state index in [1.54, 1.807) is 24.4 Å². The molecule has 9 nitrogen and oxygen atoms in total. The number of hydrogen-bond donors (Lipinski definition) is 4. The number of aliphatic carboxylic acids is 2. The molecule has 1 amide bonds. The number of carboxylic acids is 2. The minimum absolute atomic E-state index is 0.455. The smallest absolute Gasteiger partial charge is 0.328 e. The van der Waals surface area contributed by atoms with Gasteiger partial charge in [0, 0.05) is 66.7 Å². The quantitative estimate of drug-likeness (QED) is 0.548. The lowest BCUT2D eigenvalue weighted by molar-refractivity contribution is -0.144. The van der Waals surface area contributed by atoms with Crippen molar-refractivity contribution >= 4 is 34.4 Å². The molecule has 0 spiro atoms. The summed E-state index contributed by atoms with van der Waals surface area (Å²) in [4.78, 5) is 41.5. The molecule has 3 rings (SSSR count). The van der Waals surface area contributed by atoms with Gasteiger partial charge in [0.15, 0.2) is 0 Å². The summed E-state index contributed by atoms with van der Waals surface area (Å²) in [6.07, 6.45) is 3.37. The van der Waals surface area contributed by atoms with E-state index in [2.05, 4.69) is 15.2 Å². The molecule has 28 heavy (non-hydrogen) atoms. The third-order valence-corrected chi connectivity index (χ3v) is 4.79. The van der Waals surface area contributed by atoms with Crippen molar-refractivity contribution < 1.29 is 24.6 Å². The number of hydrogen-bond acceptors (Lipinski definition) is 5. The molecule has 2 aromatic rings. The molecule has 1 aliphatic rings. The maximum Gasteiger partial charge on any atom is 0.328 e. The number of fused-ring (bicyclic) bond motifs is 1. The number of benzene rings is 1. The highest BCUT2D eigenvalue weighted by atomic mass is 16.4. The lowest BCUT2D eigenvalue weighted by atomic mass is 10.0. The van der Waals surface area contributed by atoms with Gasteiger partial charge in [0.1, 0.15) is 6.04 Å². The molecule has 1 atom stereocenters. The summed E-state index contributed by atoms with van der Waals surface area (Å²) in [5.41, 5.74) is 1.84. The summed E-state index contributed by atoms with van der Waals surface area (Å²) in [6.45, 7) is 2.89. The summed E-state index contributed by atoms with van der Waals surface area (Å²) < 4.78 is 0. The number of carboxylic acid groups (broad SMARTS) is 2. The second kappa shape index (κ2) is 8.24. The lowest BCUT2D eigenvalue weighted by Crippen LogP contribution is -2.47. The predicted molar refractivity (Wildman–Crippen MR) is 103 cm³/mol. The van der Waals surface area contributed by atoms with Gasteiger partial charge in [-0.25, -0.2) is 4.79 Å². The summed E-state index contributed by atoms with van der Waals surface area (Å²) in [7, 11) is 2.01. The van der Waals surface area contributed by atoms with E-state index in [1.807, 2.05) is 11.9 Å². The number of carbonyl (C=O) groups excluding carboxylic acids is 1. The number of anilines is 1. The van der Waals surface area contributed by atoms with Gasteiger partial charge in [-0.1, -0.05) is 0 Å². The number of nitrogens with zero attached hydrogens (tertiary/aromatic N) is 2. The van der Waals surface area contributed by atoms with Gasteiger partial charge in [-0.3, -0.25) is 14.5 Å². The van der Waals surface area contributed by atoms with E-state index in [4.69, 9.17) is 5.11 Å². The minimum Gasteiger partial charge on any atom is -0.480 e. The fourth-order valence-corrected chi connectivity index (χ4v) is 3.34. The fraction of sp³-hybridized carbons (Fsp3) is 0.316. The van der Waals surface area contributed by atoms with Crippen molar-refractivity contribution in [1.29, 1.82) is 0 Å². The van der Waals surface area contributed by atoms with Crippen LogP contribution in [0.3, 0.4) is 0 Å². The first-order chi connectivity index (χ1) is 13.3. The standard InChI is InChI=1S/C19H22N4O5/c1-22-6-8-23(9-7-22)18(19(27)28)14-11-20-15-3-2-12(10-13(14)15)21-16(24)4-5-17(25)26/h2-5,10-11,18,20H,6-9H2,1H3,(H,21,24)(H,25,26)(H,27,28)/b5-4+/t18-/m1/s1. The number of aromatic nitrogens is 1. The molecule has 1 aromatic heterocycles. The highest BCUT2D eigenvalue weighted by Gasteiger charge is 2.31. The number of amides is 1. The summed E-state index contributed by atoms with van der Waals surface area (Å²) >= 11 is 0. The Labute approximate surface area is 161 Å². The van der Waals surface area contributed by atoms with Crippen LogP contribution in [0.25, 0.3) is 10.9 Å². The van der Waals surface area contributed by atoms with Crippen molar-refractivity contribution in [2.75, 3.05) is 38.5 Å². The number of aromatic amines is 1. The van der Waals surface area contributed by atoms with E-state index in [-0.39, 0.29) is 0 Å². The number of rotatable bonds is 6. The topological polar surface area (TPSA) is 126 Å². The van der Waals surface area contributed by atoms with E-state index in [1.165, 1.54) is 0 Å². The largest absolute Gasteiger partial charge is 0.480 e. The van der Waals surface area contributed by atoms with Crippen LogP contribution in [-0.2, 0) is 14.4 Å². The highest BCUT2D eigenvalue weighted by molar-refractivity contribution is 6.03. The first-order valence-corrected chi connectivity index (χ1v) is 8.83. The molecule has 1 aliphatic heterocycles. The zero-order valence-corrected chi connectivity index (χ0v) is 15.4. The monoisotopic (exact) mass is 386 g/mol. The maximum absolute atomic E-state index is 12.0. The van der Waals surface area contributed by atoms with Gasteiger partial charge in [-0.05, 0) is 25.2 Å². The molecule has 0 bridgehead atoms. The van der Waals surface area contributed by atoms with Crippen molar-refractivity contribution in [3.63, 3.8) is 0 Å². The molecular formula is C19H22N4O5. The Kier molecular flexibility index (Phi) is 5.76. The van der Waals surface area contributed by atoms with Crippen molar-refractivity contribution in [3.8, 4) is 0 Å². The molecule has 9 heteroatoms. The molecule has 1 aromatic carbocycles. The van der Waals surface area contributed by atoms with E-state index in [0.717, 1.165) is 30.8 Å². The van der Waals surface area contributed by atoms with Crippen molar-refractivity contribution in [2.45, 2.75) is 6.04 Å². The second-order valence-electron chi connectivity index (χ2n) is 6.75. The molecule has 1 fully saturated rings. The Balaban J connectivity index is 1.89. The zero-order valence-electron chi connectivity index (χ0n) is 15.4. The molecule has 148 valence electrons. The fourth-order valence-electron chi connectivity index (χ4n) is 3.34. The molecule has 0 unspecified atom stereocenters. The number of nitrogens with one attached hydrogen (secondary N) is 2. The van der Waals surface area contributed by atoms with Gasteiger partial charge in [-0.2, -0.15) is 0 Å². The molecular weight excluding hydrogens is 364 g/mol. The second-order valence-corrected chi connectivity index (χ2v) is 6.75. The molecule has 4 N–H and O–H groups in total. The average molecular weight is 386 g/mol. The molecule has 1 saturated heterocycles. The van der Waals surface area contributed by atoms with Crippen LogP contribution in [0.15, 0.2) is 36.5 Å². The SMILES string of the molecule is CN1CCN([C@@H](C(=O)O)c2c[nH]c3ccc(NC(=O)/C=C/C(=O)O)cc23)CC1. The zero-order chi connectivity index (χ0) is 20.3. The predicted octanol–water partition coefficient (Wildman–Crippen LogP) is 1.12. The van der Waals surface area contributed by atoms with Crippen molar-refractivity contribution in [1.82, 2.24) is 14.8 Å². The van der Waals surface area contributed by atoms with Crippen LogP contribution in [-0.4, -0.2) is 76.1 Å². The Morgan fingerprint density at radius 1 is 1.14 bits per heavy atom. The van der Waals surface area contributed by atoms with E-state index in [9.17, 15) is 19.5 Å². The number of carbonyl (C=O) groups is 3. The van der Waals surface area contributed by atoms with E-state index in [0.29, 0.717) is 29.7 Å². The molecule has 0 saturated carbocycles. The first-order valence-electron chi connectivity index (χ1n) is 8.83. The summed E-state index contributed by atoms with van der Waals surface area (Å²) in [5.74, 6) is -2.72. The Bertz CT molecular complexity index is 928. The average Bonchev–Trinajstić information content (AvgIpc) is 3.04. The van der Waals surface area contributed by atoms with E-state index < -0.39 is 23.9 Å². The van der Waals surface area contributed by atoms with Crippen LogP contribution in [0.5, 0.6) is 0 Å². The van der Waals surface area contributed by atoms with Crippen molar-refractivity contribution in [2.24, 2.45) is 0 Å². The van der Waals surface area contributed by atoms with E-state index >= 15 is 0 Å². The summed E-state index contributed by atoms with van der Waals surface area (Å²) in [6, 6.07) is 4.32. The number of H-pyrrole nitrogens is 1. The van der Waals surface area contributed by atoms with Gasteiger partial charge < -0.3 is 25.4 Å². The van der Waals surface area contributed by atoms with Crippen LogP contribution in [0.1, 0.15) is 11.6 Å². The van der Waals surface area contributed by atoms with Crippen LogP contribution < -0.4 is 5.32 Å². The van der Waals surface area contributed by atoms with Gasteiger partial charge in [0.25, 0.3) is 0 Å². The third-order valence-electron chi connectivity index (χ3n) is 4.79. The maximum atomic E-state index is 12.0. The Morgan fingerprint density at radius 2 is 1.86 bits per heavy atom. The van der Waals surface area contributed by atoms with Gasteiger partial charge in [0.05, 0.1) is 0 Å². The summed E-state index contributed by atoms with van der Waals surface area (Å²) in [5, 5.41) is 21.7. The molecule has 0 radical (unpaired) electrons. The minimum atomic E-state index is -1.21. The number of piperazine rings is 1. The van der Waals surface area contributed by atoms with Gasteiger partial charge >= 0.3 is 11.9 Å². The van der Waals surface area contributed by atoms with Crippen LogP contribution in [0.4, 0.5) is 5.69 Å². The molecule has 0 aliphatic carbocycles. The van der Waals surface area contributed by atoms with Gasteiger partial charge in [-0.15, -0.1) is 0 Å². The normalized spacial score (nSPS) is 17.0. The molecule has 2 heterocycles.